The Morgan fingerprint density at radius 2 is 1.53 bits per heavy atom. The Labute approximate surface area is 341 Å². The number of aromatic nitrogens is 3. The van der Waals surface area contributed by atoms with E-state index in [-0.39, 0.29) is 37.3 Å². The quantitative estimate of drug-likeness (QED) is 0.165. The minimum absolute atomic E-state index is 0. The minimum Gasteiger partial charge on any atom is -0.358 e. The van der Waals surface area contributed by atoms with Gasteiger partial charge < -0.3 is 4.90 Å². The van der Waals surface area contributed by atoms with Crippen molar-refractivity contribution in [2.75, 3.05) is 4.90 Å². The van der Waals surface area contributed by atoms with Crippen LogP contribution in [0.3, 0.4) is 0 Å². The second kappa shape index (κ2) is 13.2. The number of pyridine rings is 1. The molecule has 0 saturated carbocycles. The number of para-hydroxylation sites is 1. The Balaban J connectivity index is 0.00000427. The fraction of sp³-hybridized carbons (Fsp3) is 0.280. The van der Waals surface area contributed by atoms with Crippen molar-refractivity contribution >= 4 is 22.6 Å². The van der Waals surface area contributed by atoms with E-state index in [0.717, 1.165) is 40.4 Å². The largest absolute Gasteiger partial charge is 2.00 e. The number of hydrogen-bond acceptors (Lipinski definition) is 3. The van der Waals surface area contributed by atoms with Crippen LogP contribution >= 0.6 is 0 Å². The van der Waals surface area contributed by atoms with Crippen molar-refractivity contribution in [3.63, 3.8) is 0 Å². The zero-order chi connectivity index (χ0) is 37.6. The van der Waals surface area contributed by atoms with E-state index in [1.165, 1.54) is 39.0 Å². The summed E-state index contributed by atoms with van der Waals surface area (Å²) in [5, 5.41) is 4.56. The van der Waals surface area contributed by atoms with Gasteiger partial charge in [-0.1, -0.05) is 121 Å². The van der Waals surface area contributed by atoms with Gasteiger partial charge in [0.05, 0.1) is 11.1 Å². The maximum absolute atomic E-state index is 5.19. The number of benzene rings is 4. The molecule has 2 unspecified atom stereocenters. The monoisotopic (exact) mass is 899 g/mol. The first-order valence-corrected chi connectivity index (χ1v) is 19.3. The molecular formula is C50H48N4Pt. The molecule has 9 rings (SSSR count). The van der Waals surface area contributed by atoms with Gasteiger partial charge >= 0.3 is 21.1 Å². The van der Waals surface area contributed by atoms with Crippen LogP contribution in [-0.4, -0.2) is 14.8 Å². The van der Waals surface area contributed by atoms with Crippen LogP contribution in [-0.2, 0) is 37.3 Å². The Morgan fingerprint density at radius 3 is 2.25 bits per heavy atom. The number of fused-ring (bicyclic) bond motifs is 5. The molecule has 2 aromatic heterocycles. The Kier molecular flexibility index (Phi) is 8.89. The molecule has 0 saturated heterocycles. The average molecular weight is 900 g/mol. The standard InChI is InChI=1S/C50H48N4.Pt/c1-47(2,3)33-20-23-40-38(30-33)39-31-34(48(4,5)6)21-24-41(39)50(40,46-19-11-12-26-51-46)35-15-13-16-37(29-35)54-44-18-10-9-17-42(44)49(7,8)43-25-22-36(32-45(43)54)53-28-14-27-52-53;/h9-20,22-28,30-31,34H,21H2,1-8H3;/q-2;+2. The summed E-state index contributed by atoms with van der Waals surface area (Å²) in [5.74, 6) is 0.418. The zero-order valence-corrected chi connectivity index (χ0v) is 35.3. The van der Waals surface area contributed by atoms with Crippen molar-refractivity contribution in [1.82, 2.24) is 14.8 Å². The van der Waals surface area contributed by atoms with Crippen molar-refractivity contribution in [3.8, 4) is 5.69 Å². The van der Waals surface area contributed by atoms with Gasteiger partial charge in [-0.2, -0.15) is 29.4 Å². The third-order valence-corrected chi connectivity index (χ3v) is 12.2. The summed E-state index contributed by atoms with van der Waals surface area (Å²) in [6.07, 6.45) is 11.8. The zero-order valence-electron chi connectivity index (χ0n) is 33.0. The SMILES string of the molecule is CC(C)(C)c1ccc2c(c1)C1=CC(C(C)(C)C)CC=C1C2(c1[c-]c(N2c3[c-]c(-n4cccn4)ccc3C(C)(C)c3ccccc32)ccc1)c1ccccn1.[Pt+2]. The van der Waals surface area contributed by atoms with Crippen LogP contribution in [0.2, 0.25) is 0 Å². The third-order valence-electron chi connectivity index (χ3n) is 12.2. The van der Waals surface area contributed by atoms with Crippen LogP contribution in [0.1, 0.15) is 101 Å². The smallest absolute Gasteiger partial charge is 0.358 e. The second-order valence-electron chi connectivity index (χ2n) is 17.9. The maximum Gasteiger partial charge on any atom is 2.00 e. The van der Waals surface area contributed by atoms with Gasteiger partial charge in [-0.15, -0.1) is 29.3 Å². The van der Waals surface area contributed by atoms with Gasteiger partial charge in [-0.05, 0) is 91.9 Å². The molecule has 3 heterocycles. The normalized spacial score (nSPS) is 19.6. The number of hydrogen-bond donors (Lipinski definition) is 0. The van der Waals surface area contributed by atoms with E-state index in [1.54, 1.807) is 0 Å². The van der Waals surface area contributed by atoms with E-state index in [0.29, 0.717) is 5.92 Å². The van der Waals surface area contributed by atoms with Gasteiger partial charge in [0.25, 0.3) is 0 Å². The van der Waals surface area contributed by atoms with E-state index in [9.17, 15) is 0 Å². The van der Waals surface area contributed by atoms with Crippen molar-refractivity contribution in [3.05, 3.63) is 185 Å². The van der Waals surface area contributed by atoms with Crippen molar-refractivity contribution < 1.29 is 21.1 Å². The molecule has 0 spiro atoms. The first kappa shape index (κ1) is 37.1. The van der Waals surface area contributed by atoms with Crippen LogP contribution in [0.25, 0.3) is 11.3 Å². The molecule has 0 fully saturated rings. The molecule has 5 heteroatoms. The molecule has 55 heavy (non-hydrogen) atoms. The van der Waals surface area contributed by atoms with Gasteiger partial charge in [0.2, 0.25) is 0 Å². The summed E-state index contributed by atoms with van der Waals surface area (Å²) in [6.45, 7) is 18.6. The van der Waals surface area contributed by atoms with Gasteiger partial charge in [0, 0.05) is 24.3 Å². The van der Waals surface area contributed by atoms with E-state index in [4.69, 9.17) is 4.98 Å². The summed E-state index contributed by atoms with van der Waals surface area (Å²) in [4.78, 5) is 7.55. The third kappa shape index (κ3) is 5.74. The Hall–Kier alpha value is -4.79. The molecule has 278 valence electrons. The van der Waals surface area contributed by atoms with Gasteiger partial charge in [0.15, 0.2) is 0 Å². The van der Waals surface area contributed by atoms with E-state index in [1.807, 2.05) is 35.4 Å². The second-order valence-corrected chi connectivity index (χ2v) is 17.9. The van der Waals surface area contributed by atoms with Crippen molar-refractivity contribution in [2.24, 2.45) is 11.3 Å². The number of allylic oxidation sites excluding steroid dienone is 4. The summed E-state index contributed by atoms with van der Waals surface area (Å²) in [7, 11) is 0. The molecule has 1 aliphatic heterocycles. The fourth-order valence-electron chi connectivity index (χ4n) is 9.12. The first-order chi connectivity index (χ1) is 25.8. The number of anilines is 3. The van der Waals surface area contributed by atoms with Crippen molar-refractivity contribution in [1.29, 1.82) is 0 Å². The first-order valence-electron chi connectivity index (χ1n) is 19.3. The number of rotatable bonds is 4. The molecule has 4 nitrogen and oxygen atoms in total. The Morgan fingerprint density at radius 1 is 0.745 bits per heavy atom. The molecule has 3 aliphatic rings. The molecule has 0 N–H and O–H groups in total. The van der Waals surface area contributed by atoms with E-state index in [2.05, 4.69) is 175 Å². The average Bonchev–Trinajstić information content (AvgIpc) is 3.80. The van der Waals surface area contributed by atoms with E-state index >= 15 is 0 Å². The molecule has 2 atom stereocenters. The van der Waals surface area contributed by atoms with Gasteiger partial charge in [-0.25, -0.2) is 0 Å². The predicted molar refractivity (Wildman–Crippen MR) is 221 cm³/mol. The molecule has 6 aromatic rings. The topological polar surface area (TPSA) is 34.0 Å². The van der Waals surface area contributed by atoms with Crippen LogP contribution in [0.5, 0.6) is 0 Å². The minimum atomic E-state index is -0.657. The Bertz CT molecular complexity index is 2480. The summed E-state index contributed by atoms with van der Waals surface area (Å²) >= 11 is 0. The summed E-state index contributed by atoms with van der Waals surface area (Å²) in [6, 6.07) is 43.2. The summed E-state index contributed by atoms with van der Waals surface area (Å²) < 4.78 is 1.89. The molecule has 0 bridgehead atoms. The van der Waals surface area contributed by atoms with Crippen LogP contribution < -0.4 is 4.90 Å². The molecule has 2 aliphatic carbocycles. The number of nitrogens with zero attached hydrogens (tertiary/aromatic N) is 4. The van der Waals surface area contributed by atoms with Crippen LogP contribution in [0, 0.1) is 23.5 Å². The van der Waals surface area contributed by atoms with Gasteiger partial charge in [-0.3, -0.25) is 9.67 Å². The van der Waals surface area contributed by atoms with Gasteiger partial charge in [0.1, 0.15) is 0 Å². The molecule has 0 amide bonds. The predicted octanol–water partition coefficient (Wildman–Crippen LogP) is 12.0. The summed E-state index contributed by atoms with van der Waals surface area (Å²) in [5.41, 5.74) is 14.4. The molecular weight excluding hydrogens is 852 g/mol. The van der Waals surface area contributed by atoms with Crippen molar-refractivity contribution in [2.45, 2.75) is 78.1 Å². The van der Waals surface area contributed by atoms with E-state index < -0.39 is 5.41 Å². The van der Waals surface area contributed by atoms with Crippen LogP contribution in [0.4, 0.5) is 17.1 Å². The molecule has 0 radical (unpaired) electrons. The van der Waals surface area contributed by atoms with Crippen LogP contribution in [0.15, 0.2) is 133 Å². The maximum atomic E-state index is 5.19. The fourth-order valence-corrected chi connectivity index (χ4v) is 9.12. The molecule has 4 aromatic carbocycles.